The van der Waals surface area contributed by atoms with Crippen LogP contribution >= 0.6 is 11.6 Å². The Morgan fingerprint density at radius 3 is 1.94 bits per heavy atom. The van der Waals surface area contributed by atoms with Crippen molar-refractivity contribution in [3.63, 3.8) is 0 Å². The predicted molar refractivity (Wildman–Crippen MR) is 137 cm³/mol. The lowest BCUT2D eigenvalue weighted by molar-refractivity contribution is 0.348. The van der Waals surface area contributed by atoms with E-state index in [2.05, 4.69) is 17.5 Å². The molecule has 0 saturated heterocycles. The van der Waals surface area contributed by atoms with E-state index >= 15 is 0 Å². The molecule has 1 N–H and O–H groups in total. The van der Waals surface area contributed by atoms with E-state index in [1.54, 1.807) is 28.4 Å². The predicted octanol–water partition coefficient (Wildman–Crippen LogP) is 5.50. The number of hydrogen-bond donors (Lipinski definition) is 1. The van der Waals surface area contributed by atoms with E-state index in [4.69, 9.17) is 30.5 Å². The number of rotatable bonds is 14. The molecular weight excluding hydrogens is 452 g/mol. The summed E-state index contributed by atoms with van der Waals surface area (Å²) in [6, 6.07) is 14.1. The number of ether oxygens (including phenoxy) is 4. The van der Waals surface area contributed by atoms with Gasteiger partial charge in [0, 0.05) is 0 Å². The molecule has 2 aromatic carbocycles. The number of hydrogen-bond acceptors (Lipinski definition) is 6. The second-order valence-electron chi connectivity index (χ2n) is 8.71. The first kappa shape index (κ1) is 27.6. The van der Waals surface area contributed by atoms with Crippen molar-refractivity contribution < 1.29 is 18.9 Å². The highest BCUT2D eigenvalue weighted by atomic mass is 35.5. The Balaban J connectivity index is 1.94. The van der Waals surface area contributed by atoms with Gasteiger partial charge in [0.2, 0.25) is 0 Å². The zero-order valence-electron chi connectivity index (χ0n) is 21.2. The maximum atomic E-state index is 10.3. The van der Waals surface area contributed by atoms with E-state index in [1.807, 2.05) is 44.2 Å². The maximum absolute atomic E-state index is 10.3. The number of nitriles is 1. The highest BCUT2D eigenvalue weighted by Gasteiger charge is 2.46. The molecule has 0 bridgehead atoms. The largest absolute Gasteiger partial charge is 0.493 e. The van der Waals surface area contributed by atoms with Gasteiger partial charge in [-0.25, -0.2) is 0 Å². The molecule has 0 aromatic heterocycles. The Kier molecular flexibility index (Phi) is 10.3. The molecule has 1 atom stereocenters. The molecule has 0 fully saturated rings. The Morgan fingerprint density at radius 1 is 0.824 bits per heavy atom. The molecule has 7 heteroatoms. The summed E-state index contributed by atoms with van der Waals surface area (Å²) in [6.07, 6.45) is 3.37. The van der Waals surface area contributed by atoms with E-state index in [1.165, 1.54) is 5.56 Å². The minimum absolute atomic E-state index is 0.592. The van der Waals surface area contributed by atoms with Gasteiger partial charge in [0.1, 0.15) is 5.41 Å². The van der Waals surface area contributed by atoms with Gasteiger partial charge < -0.3 is 24.3 Å². The lowest BCUT2D eigenvalue weighted by Gasteiger charge is -2.38. The molecular formula is C27H37ClN2O4. The third-order valence-corrected chi connectivity index (χ3v) is 6.58. The number of nitrogens with zero attached hydrogens (tertiary/aromatic N) is 1. The van der Waals surface area contributed by atoms with Crippen LogP contribution < -0.4 is 24.3 Å². The average molecular weight is 489 g/mol. The molecule has 0 heterocycles. The highest BCUT2D eigenvalue weighted by Crippen LogP contribution is 2.45. The van der Waals surface area contributed by atoms with E-state index in [0.717, 1.165) is 49.4 Å². The van der Waals surface area contributed by atoms with Crippen molar-refractivity contribution in [1.29, 1.82) is 5.26 Å². The van der Waals surface area contributed by atoms with Crippen LogP contribution in [0.3, 0.4) is 0 Å². The monoisotopic (exact) mass is 488 g/mol. The van der Waals surface area contributed by atoms with Gasteiger partial charge in [-0.1, -0.05) is 12.1 Å². The van der Waals surface area contributed by atoms with E-state index in [0.29, 0.717) is 17.9 Å². The summed E-state index contributed by atoms with van der Waals surface area (Å²) in [4.78, 5) is -0.769. The Morgan fingerprint density at radius 2 is 1.38 bits per heavy atom. The number of aryl methyl sites for hydroxylation is 1. The Bertz CT molecular complexity index is 968. The molecule has 186 valence electrons. The lowest BCUT2D eigenvalue weighted by atomic mass is 9.69. The zero-order valence-corrected chi connectivity index (χ0v) is 21.9. The third kappa shape index (κ3) is 6.49. The van der Waals surface area contributed by atoms with Crippen LogP contribution in [0, 0.1) is 11.3 Å². The van der Waals surface area contributed by atoms with Crippen molar-refractivity contribution in [3.05, 3.63) is 47.5 Å². The molecule has 0 radical (unpaired) electrons. The van der Waals surface area contributed by atoms with Gasteiger partial charge >= 0.3 is 0 Å². The van der Waals surface area contributed by atoms with Crippen LogP contribution in [0.2, 0.25) is 0 Å². The molecule has 0 aliphatic carbocycles. The summed E-state index contributed by atoms with van der Waals surface area (Å²) in [7, 11) is 6.47. The summed E-state index contributed by atoms with van der Waals surface area (Å²) >= 11 is 6.80. The molecule has 6 nitrogen and oxygen atoms in total. The van der Waals surface area contributed by atoms with Crippen molar-refractivity contribution in [1.82, 2.24) is 5.32 Å². The number of benzene rings is 2. The van der Waals surface area contributed by atoms with Gasteiger partial charge in [-0.2, -0.15) is 5.26 Å². The molecule has 2 rings (SSSR count). The van der Waals surface area contributed by atoms with Gasteiger partial charge in [0.25, 0.3) is 0 Å². The molecule has 2 aromatic rings. The summed E-state index contributed by atoms with van der Waals surface area (Å²) in [5.74, 6) is 2.71. The maximum Gasteiger partial charge on any atom is 0.161 e. The van der Waals surface area contributed by atoms with Crippen LogP contribution in [0.1, 0.15) is 44.2 Å². The fourth-order valence-corrected chi connectivity index (χ4v) is 4.44. The van der Waals surface area contributed by atoms with Gasteiger partial charge in [-0.15, -0.1) is 11.6 Å². The number of halogens is 1. The number of methoxy groups -OCH3 is 4. The van der Waals surface area contributed by atoms with Crippen LogP contribution in [0.15, 0.2) is 36.4 Å². The minimum atomic E-state index is -0.866. The summed E-state index contributed by atoms with van der Waals surface area (Å²) in [6.45, 7) is 5.47. The number of nitrogens with one attached hydrogen (secondary N) is 1. The highest BCUT2D eigenvalue weighted by molar-refractivity contribution is 6.24. The summed E-state index contributed by atoms with van der Waals surface area (Å²) in [5, 5.41) is 13.8. The normalized spacial score (nSPS) is 13.0. The smallest absolute Gasteiger partial charge is 0.161 e. The lowest BCUT2D eigenvalue weighted by Crippen LogP contribution is -2.43. The van der Waals surface area contributed by atoms with Crippen LogP contribution in [0.25, 0.3) is 0 Å². The van der Waals surface area contributed by atoms with Crippen molar-refractivity contribution >= 4 is 11.6 Å². The zero-order chi connectivity index (χ0) is 25.2. The first-order valence-corrected chi connectivity index (χ1v) is 11.9. The molecule has 0 spiro atoms. The fourth-order valence-electron chi connectivity index (χ4n) is 4.20. The molecule has 0 saturated carbocycles. The van der Waals surface area contributed by atoms with Crippen molar-refractivity contribution in [3.8, 4) is 29.1 Å². The Labute approximate surface area is 209 Å². The van der Waals surface area contributed by atoms with E-state index in [9.17, 15) is 5.26 Å². The second kappa shape index (κ2) is 12.7. The van der Waals surface area contributed by atoms with Crippen molar-refractivity contribution in [2.24, 2.45) is 0 Å². The fraction of sp³-hybridized carbons (Fsp3) is 0.519. The van der Waals surface area contributed by atoms with E-state index < -0.39 is 10.3 Å². The molecule has 0 aliphatic rings. The van der Waals surface area contributed by atoms with E-state index in [-0.39, 0.29) is 0 Å². The topological polar surface area (TPSA) is 72.7 Å². The van der Waals surface area contributed by atoms with Crippen molar-refractivity contribution in [2.75, 3.05) is 41.5 Å². The number of alkyl halides is 1. The van der Waals surface area contributed by atoms with Gasteiger partial charge in [0.05, 0.1) is 39.4 Å². The van der Waals surface area contributed by atoms with Crippen LogP contribution in [-0.2, 0) is 11.8 Å². The first-order chi connectivity index (χ1) is 16.3. The van der Waals surface area contributed by atoms with Crippen LogP contribution in [-0.4, -0.2) is 46.4 Å². The van der Waals surface area contributed by atoms with Crippen molar-refractivity contribution in [2.45, 2.75) is 49.8 Å². The third-order valence-electron chi connectivity index (χ3n) is 6.25. The van der Waals surface area contributed by atoms with Gasteiger partial charge in [-0.3, -0.25) is 0 Å². The molecule has 0 aliphatic heterocycles. The quantitative estimate of drug-likeness (QED) is 0.279. The standard InChI is InChI=1S/C27H37ClN2O4/c1-26(2,28)27(19-29,21-11-13-23(32-4)25(18-21)34-6)14-8-16-30-15-7-9-20-10-12-22(31-3)24(17-20)33-5/h10-13,17-18,30H,7-9,14-16H2,1-6H3/t27-/m1/s1. The summed E-state index contributed by atoms with van der Waals surface area (Å²) in [5.41, 5.74) is 1.18. The SMILES string of the molecule is COc1ccc(CCCNCCC[C@@](C#N)(c2ccc(OC)c(OC)c2)C(C)(C)Cl)cc1OC. The van der Waals surface area contributed by atoms with Gasteiger partial charge in [-0.05, 0) is 88.0 Å². The second-order valence-corrected chi connectivity index (χ2v) is 9.65. The average Bonchev–Trinajstić information content (AvgIpc) is 2.84. The molecule has 0 unspecified atom stereocenters. The first-order valence-electron chi connectivity index (χ1n) is 11.5. The minimum Gasteiger partial charge on any atom is -0.493 e. The summed E-state index contributed by atoms with van der Waals surface area (Å²) < 4.78 is 21.5. The molecule has 34 heavy (non-hydrogen) atoms. The van der Waals surface area contributed by atoms with Crippen LogP contribution in [0.5, 0.6) is 23.0 Å². The molecule has 0 amide bonds. The van der Waals surface area contributed by atoms with Crippen LogP contribution in [0.4, 0.5) is 0 Å². The van der Waals surface area contributed by atoms with Gasteiger partial charge in [0.15, 0.2) is 23.0 Å². The Hall–Kier alpha value is -2.62.